The summed E-state index contributed by atoms with van der Waals surface area (Å²) in [5.41, 5.74) is 10.8. The van der Waals surface area contributed by atoms with Gasteiger partial charge in [0.25, 0.3) is 0 Å². The zero-order valence-corrected chi connectivity index (χ0v) is 10.2. The molecule has 17 heavy (non-hydrogen) atoms. The topological polar surface area (TPSA) is 47.3 Å². The highest BCUT2D eigenvalue weighted by Crippen LogP contribution is 2.29. The van der Waals surface area contributed by atoms with Crippen molar-refractivity contribution < 1.29 is 4.84 Å². The summed E-state index contributed by atoms with van der Waals surface area (Å²) in [4.78, 5) is 5.39. The largest absolute Gasteiger partial charge is 0.397 e. The van der Waals surface area contributed by atoms with Gasteiger partial charge in [-0.25, -0.2) is 5.48 Å². The predicted octanol–water partition coefficient (Wildman–Crippen LogP) is 3.64. The standard InChI is InChI=1S/C13H13ClN2O/c1-9-7-11(15)13(14)12(8-9)16-17-10-5-3-2-4-6-10/h2-8,16H,15H2,1H3. The van der Waals surface area contributed by atoms with Crippen molar-refractivity contribution in [3.8, 4) is 5.75 Å². The molecular formula is C13H13ClN2O. The summed E-state index contributed by atoms with van der Waals surface area (Å²) in [5, 5.41) is 0.464. The number of benzene rings is 2. The maximum Gasteiger partial charge on any atom is 0.155 e. The Hall–Kier alpha value is -1.87. The van der Waals surface area contributed by atoms with Crippen LogP contribution in [0.3, 0.4) is 0 Å². The van der Waals surface area contributed by atoms with Gasteiger partial charge in [0.05, 0.1) is 16.4 Å². The van der Waals surface area contributed by atoms with Gasteiger partial charge in [-0.2, -0.15) is 0 Å². The third-order valence-corrected chi connectivity index (χ3v) is 2.69. The van der Waals surface area contributed by atoms with Crippen molar-refractivity contribution in [3.05, 3.63) is 53.1 Å². The van der Waals surface area contributed by atoms with Crippen molar-refractivity contribution in [2.75, 3.05) is 11.2 Å². The van der Waals surface area contributed by atoms with Gasteiger partial charge in [0, 0.05) is 0 Å². The smallest absolute Gasteiger partial charge is 0.155 e. The number of hydrogen-bond acceptors (Lipinski definition) is 3. The Balaban J connectivity index is 2.14. The van der Waals surface area contributed by atoms with E-state index in [0.717, 1.165) is 5.56 Å². The minimum Gasteiger partial charge on any atom is -0.397 e. The Kier molecular flexibility index (Phi) is 3.40. The fourth-order valence-corrected chi connectivity index (χ4v) is 1.62. The van der Waals surface area contributed by atoms with Gasteiger partial charge >= 0.3 is 0 Å². The first kappa shape index (κ1) is 11.6. The van der Waals surface area contributed by atoms with Gasteiger partial charge in [0.2, 0.25) is 0 Å². The van der Waals surface area contributed by atoms with Crippen LogP contribution >= 0.6 is 11.6 Å². The number of halogens is 1. The lowest BCUT2D eigenvalue weighted by Crippen LogP contribution is -2.06. The van der Waals surface area contributed by atoms with E-state index < -0.39 is 0 Å². The molecule has 0 fully saturated rings. The van der Waals surface area contributed by atoms with Crippen LogP contribution in [-0.2, 0) is 0 Å². The summed E-state index contributed by atoms with van der Waals surface area (Å²) in [7, 11) is 0. The minimum absolute atomic E-state index is 0.464. The highest BCUT2D eigenvalue weighted by molar-refractivity contribution is 6.35. The van der Waals surface area contributed by atoms with E-state index in [2.05, 4.69) is 5.48 Å². The molecule has 2 rings (SSSR count). The van der Waals surface area contributed by atoms with E-state index in [1.54, 1.807) is 0 Å². The van der Waals surface area contributed by atoms with Crippen LogP contribution in [0.25, 0.3) is 0 Å². The molecule has 2 aromatic carbocycles. The Morgan fingerprint density at radius 3 is 2.59 bits per heavy atom. The highest BCUT2D eigenvalue weighted by Gasteiger charge is 2.05. The molecule has 2 aromatic rings. The average Bonchev–Trinajstić information content (AvgIpc) is 2.33. The van der Waals surface area contributed by atoms with E-state index in [1.165, 1.54) is 0 Å². The molecule has 0 saturated heterocycles. The average molecular weight is 249 g/mol. The SMILES string of the molecule is Cc1cc(N)c(Cl)c(NOc2ccccc2)c1. The first-order chi connectivity index (χ1) is 8.16. The number of nitrogens with one attached hydrogen (secondary N) is 1. The van der Waals surface area contributed by atoms with Crippen molar-refractivity contribution in [2.45, 2.75) is 6.92 Å². The fourth-order valence-electron chi connectivity index (χ4n) is 1.47. The molecule has 0 aliphatic rings. The van der Waals surface area contributed by atoms with Crippen LogP contribution in [-0.4, -0.2) is 0 Å². The molecule has 0 unspecified atom stereocenters. The minimum atomic E-state index is 0.464. The zero-order chi connectivity index (χ0) is 12.3. The van der Waals surface area contributed by atoms with Crippen LogP contribution in [0.4, 0.5) is 11.4 Å². The third kappa shape index (κ3) is 2.82. The summed E-state index contributed by atoms with van der Waals surface area (Å²) in [6, 6.07) is 13.1. The van der Waals surface area contributed by atoms with Crippen molar-refractivity contribution in [1.29, 1.82) is 0 Å². The van der Waals surface area contributed by atoms with Crippen molar-refractivity contribution in [1.82, 2.24) is 0 Å². The van der Waals surface area contributed by atoms with Gasteiger partial charge in [0.15, 0.2) is 5.75 Å². The van der Waals surface area contributed by atoms with Crippen LogP contribution in [0, 0.1) is 6.92 Å². The second-order valence-corrected chi connectivity index (χ2v) is 4.11. The van der Waals surface area contributed by atoms with Crippen LogP contribution in [0.15, 0.2) is 42.5 Å². The van der Waals surface area contributed by atoms with Crippen LogP contribution in [0.2, 0.25) is 5.02 Å². The third-order valence-electron chi connectivity index (χ3n) is 2.27. The first-order valence-electron chi connectivity index (χ1n) is 5.20. The highest BCUT2D eigenvalue weighted by atomic mass is 35.5. The van der Waals surface area contributed by atoms with Gasteiger partial charge in [-0.05, 0) is 36.8 Å². The van der Waals surface area contributed by atoms with Gasteiger partial charge in [-0.3, -0.25) is 0 Å². The zero-order valence-electron chi connectivity index (χ0n) is 9.41. The number of nitrogens with two attached hydrogens (primary N) is 1. The summed E-state index contributed by atoms with van der Waals surface area (Å²) < 4.78 is 0. The second-order valence-electron chi connectivity index (χ2n) is 3.73. The van der Waals surface area contributed by atoms with Crippen molar-refractivity contribution in [2.24, 2.45) is 0 Å². The summed E-state index contributed by atoms with van der Waals surface area (Å²) in [6.45, 7) is 1.94. The van der Waals surface area contributed by atoms with E-state index in [1.807, 2.05) is 49.4 Å². The molecule has 0 radical (unpaired) electrons. The van der Waals surface area contributed by atoms with Crippen LogP contribution < -0.4 is 16.1 Å². The lowest BCUT2D eigenvalue weighted by atomic mass is 10.2. The van der Waals surface area contributed by atoms with E-state index in [4.69, 9.17) is 22.2 Å². The molecule has 0 aliphatic carbocycles. The summed E-state index contributed by atoms with van der Waals surface area (Å²) in [5.74, 6) is 0.712. The fraction of sp³-hybridized carbons (Fsp3) is 0.0769. The molecule has 3 nitrogen and oxygen atoms in total. The maximum atomic E-state index is 6.06. The van der Waals surface area contributed by atoms with Crippen LogP contribution in [0.1, 0.15) is 5.56 Å². The van der Waals surface area contributed by atoms with E-state index in [-0.39, 0.29) is 0 Å². The van der Waals surface area contributed by atoms with Crippen LogP contribution in [0.5, 0.6) is 5.75 Å². The molecule has 0 amide bonds. The molecular weight excluding hydrogens is 236 g/mol. The van der Waals surface area contributed by atoms with Gasteiger partial charge in [-0.1, -0.05) is 29.8 Å². The Morgan fingerprint density at radius 1 is 1.18 bits per heavy atom. The molecule has 88 valence electrons. The van der Waals surface area contributed by atoms with Gasteiger partial charge < -0.3 is 10.6 Å². The van der Waals surface area contributed by atoms with E-state index >= 15 is 0 Å². The van der Waals surface area contributed by atoms with Gasteiger partial charge in [-0.15, -0.1) is 0 Å². The van der Waals surface area contributed by atoms with Crippen molar-refractivity contribution >= 4 is 23.0 Å². The van der Waals surface area contributed by atoms with Crippen molar-refractivity contribution in [3.63, 3.8) is 0 Å². The summed E-state index contributed by atoms with van der Waals surface area (Å²) in [6.07, 6.45) is 0. The Bertz CT molecular complexity index is 514. The molecule has 3 N–H and O–H groups in total. The summed E-state index contributed by atoms with van der Waals surface area (Å²) >= 11 is 6.06. The first-order valence-corrected chi connectivity index (χ1v) is 5.58. The molecule has 0 atom stereocenters. The monoisotopic (exact) mass is 248 g/mol. The number of para-hydroxylation sites is 1. The number of anilines is 2. The molecule has 0 bridgehead atoms. The van der Waals surface area contributed by atoms with Gasteiger partial charge in [0.1, 0.15) is 0 Å². The maximum absolute atomic E-state index is 6.06. The number of hydrogen-bond donors (Lipinski definition) is 2. The second kappa shape index (κ2) is 4.97. The molecule has 0 aliphatic heterocycles. The molecule has 0 aromatic heterocycles. The number of nitrogen functional groups attached to an aromatic ring is 1. The Labute approximate surface area is 105 Å². The Morgan fingerprint density at radius 2 is 1.88 bits per heavy atom. The lowest BCUT2D eigenvalue weighted by Gasteiger charge is -2.11. The molecule has 0 heterocycles. The van der Waals surface area contributed by atoms with E-state index in [0.29, 0.717) is 22.1 Å². The lowest BCUT2D eigenvalue weighted by molar-refractivity contribution is 0.405. The number of rotatable bonds is 3. The predicted molar refractivity (Wildman–Crippen MR) is 71.3 cm³/mol. The molecule has 0 spiro atoms. The number of aryl methyl sites for hydroxylation is 1. The molecule has 4 heteroatoms. The normalized spacial score (nSPS) is 10.0. The van der Waals surface area contributed by atoms with E-state index in [9.17, 15) is 0 Å². The quantitative estimate of drug-likeness (QED) is 0.644. The molecule has 0 saturated carbocycles.